The van der Waals surface area contributed by atoms with Crippen molar-refractivity contribution in [2.75, 3.05) is 32.8 Å². The van der Waals surface area contributed by atoms with Crippen LogP contribution in [0.25, 0.3) is 0 Å². The zero-order valence-electron chi connectivity index (χ0n) is 13.9. The smallest absolute Gasteiger partial charge is 0.191 e. The average Bonchev–Trinajstić information content (AvgIpc) is 2.95. The highest BCUT2D eigenvalue weighted by atomic mass is 127. The topological polar surface area (TPSA) is 45.7 Å². The second kappa shape index (κ2) is 14.3. The summed E-state index contributed by atoms with van der Waals surface area (Å²) in [7, 11) is 0. The lowest BCUT2D eigenvalue weighted by molar-refractivity contribution is 0.109. The van der Waals surface area contributed by atoms with Gasteiger partial charge in [-0.2, -0.15) is 0 Å². The van der Waals surface area contributed by atoms with E-state index < -0.39 is 0 Å². The number of nitrogens with one attached hydrogen (secondary N) is 2. The molecule has 22 heavy (non-hydrogen) atoms. The molecule has 4 nitrogen and oxygen atoms in total. The van der Waals surface area contributed by atoms with E-state index in [1.54, 1.807) is 11.3 Å². The van der Waals surface area contributed by atoms with E-state index in [-0.39, 0.29) is 24.0 Å². The zero-order valence-corrected chi connectivity index (χ0v) is 17.1. The lowest BCUT2D eigenvalue weighted by atomic mass is 10.2. The summed E-state index contributed by atoms with van der Waals surface area (Å²) in [5.41, 5.74) is 0. The molecule has 0 atom stereocenters. The predicted octanol–water partition coefficient (Wildman–Crippen LogP) is 3.53. The number of rotatable bonds is 10. The average molecular weight is 439 g/mol. The number of hydrogen-bond donors (Lipinski definition) is 2. The number of ether oxygens (including phenoxy) is 1. The normalized spacial score (nSPS) is 11.4. The Balaban J connectivity index is 0.00000441. The fraction of sp³-hybridized carbons (Fsp3) is 0.688. The molecule has 0 bridgehead atoms. The van der Waals surface area contributed by atoms with Crippen molar-refractivity contribution in [3.63, 3.8) is 0 Å². The minimum absolute atomic E-state index is 0. The van der Waals surface area contributed by atoms with Crippen molar-refractivity contribution in [2.45, 2.75) is 33.6 Å². The maximum absolute atomic E-state index is 5.56. The molecule has 0 saturated heterocycles. The second-order valence-corrected chi connectivity index (χ2v) is 6.37. The zero-order chi connectivity index (χ0) is 15.3. The van der Waals surface area contributed by atoms with E-state index in [0.29, 0.717) is 5.92 Å². The molecule has 0 aliphatic heterocycles. The van der Waals surface area contributed by atoms with Crippen LogP contribution in [0.15, 0.2) is 22.5 Å². The van der Waals surface area contributed by atoms with E-state index in [9.17, 15) is 0 Å². The molecule has 128 valence electrons. The van der Waals surface area contributed by atoms with Gasteiger partial charge in [0.25, 0.3) is 0 Å². The molecular weight excluding hydrogens is 409 g/mol. The SMILES string of the molecule is CCNC(=NCCCOCC(C)C)NCCc1cccs1.I. The summed E-state index contributed by atoms with van der Waals surface area (Å²) in [5.74, 6) is 1.50. The van der Waals surface area contributed by atoms with Gasteiger partial charge in [-0.05, 0) is 37.1 Å². The van der Waals surface area contributed by atoms with Gasteiger partial charge in [0.15, 0.2) is 5.96 Å². The monoisotopic (exact) mass is 439 g/mol. The first-order valence-electron chi connectivity index (χ1n) is 7.84. The largest absolute Gasteiger partial charge is 0.381 e. The summed E-state index contributed by atoms with van der Waals surface area (Å²) < 4.78 is 5.56. The van der Waals surface area contributed by atoms with Crippen LogP contribution >= 0.6 is 35.3 Å². The Kier molecular flexibility index (Phi) is 14.0. The van der Waals surface area contributed by atoms with Crippen LogP contribution in [-0.2, 0) is 11.2 Å². The third-order valence-electron chi connectivity index (χ3n) is 2.76. The molecule has 0 spiro atoms. The summed E-state index contributed by atoms with van der Waals surface area (Å²) in [6, 6.07) is 4.26. The molecule has 0 radical (unpaired) electrons. The Morgan fingerprint density at radius 2 is 2.18 bits per heavy atom. The molecule has 0 aromatic carbocycles. The van der Waals surface area contributed by atoms with Crippen LogP contribution in [-0.4, -0.2) is 38.8 Å². The van der Waals surface area contributed by atoms with E-state index in [0.717, 1.165) is 51.6 Å². The molecule has 0 fully saturated rings. The fourth-order valence-corrected chi connectivity index (χ4v) is 2.49. The highest BCUT2D eigenvalue weighted by Crippen LogP contribution is 2.07. The number of halogens is 1. The minimum atomic E-state index is 0. The fourth-order valence-electron chi connectivity index (χ4n) is 1.78. The number of thiophene rings is 1. The van der Waals surface area contributed by atoms with Crippen molar-refractivity contribution in [1.82, 2.24) is 10.6 Å². The molecule has 1 aromatic heterocycles. The van der Waals surface area contributed by atoms with Crippen LogP contribution < -0.4 is 10.6 Å². The van der Waals surface area contributed by atoms with Crippen LogP contribution in [0.4, 0.5) is 0 Å². The highest BCUT2D eigenvalue weighted by molar-refractivity contribution is 14.0. The van der Waals surface area contributed by atoms with Gasteiger partial charge in [0.05, 0.1) is 0 Å². The molecule has 0 aliphatic rings. The van der Waals surface area contributed by atoms with Crippen LogP contribution in [0.3, 0.4) is 0 Å². The maximum Gasteiger partial charge on any atom is 0.191 e. The molecule has 0 saturated carbocycles. The Bertz CT molecular complexity index is 383. The first kappa shape index (κ1) is 21.7. The number of guanidine groups is 1. The van der Waals surface area contributed by atoms with E-state index in [1.165, 1.54) is 4.88 Å². The van der Waals surface area contributed by atoms with Crippen molar-refractivity contribution in [1.29, 1.82) is 0 Å². The Morgan fingerprint density at radius 3 is 2.82 bits per heavy atom. The summed E-state index contributed by atoms with van der Waals surface area (Å²) in [6.07, 6.45) is 2.01. The van der Waals surface area contributed by atoms with Crippen molar-refractivity contribution < 1.29 is 4.74 Å². The van der Waals surface area contributed by atoms with Gasteiger partial charge in [-0.3, -0.25) is 4.99 Å². The number of nitrogens with zero attached hydrogens (tertiary/aromatic N) is 1. The number of aliphatic imine (C=N–C) groups is 1. The molecule has 2 N–H and O–H groups in total. The van der Waals surface area contributed by atoms with Crippen molar-refractivity contribution in [2.24, 2.45) is 10.9 Å². The van der Waals surface area contributed by atoms with E-state index in [2.05, 4.69) is 53.9 Å². The van der Waals surface area contributed by atoms with Crippen molar-refractivity contribution in [3.8, 4) is 0 Å². The summed E-state index contributed by atoms with van der Waals surface area (Å²) in [6.45, 7) is 10.6. The highest BCUT2D eigenvalue weighted by Gasteiger charge is 1.98. The number of hydrogen-bond acceptors (Lipinski definition) is 3. The third-order valence-corrected chi connectivity index (χ3v) is 3.69. The lowest BCUT2D eigenvalue weighted by Crippen LogP contribution is -2.38. The van der Waals surface area contributed by atoms with Gasteiger partial charge in [0.2, 0.25) is 0 Å². The first-order valence-corrected chi connectivity index (χ1v) is 8.72. The Hall–Kier alpha value is -0.340. The van der Waals surface area contributed by atoms with E-state index >= 15 is 0 Å². The molecule has 1 heterocycles. The first-order chi connectivity index (χ1) is 10.2. The van der Waals surface area contributed by atoms with Gasteiger partial charge < -0.3 is 15.4 Å². The molecule has 0 amide bonds. The van der Waals surface area contributed by atoms with Crippen LogP contribution in [0, 0.1) is 5.92 Å². The predicted molar refractivity (Wildman–Crippen MR) is 108 cm³/mol. The minimum Gasteiger partial charge on any atom is -0.381 e. The summed E-state index contributed by atoms with van der Waals surface area (Å²) in [4.78, 5) is 5.97. The van der Waals surface area contributed by atoms with Gasteiger partial charge in [-0.15, -0.1) is 35.3 Å². The standard InChI is InChI=1S/C16H29N3OS.HI/c1-4-17-16(18-9-6-11-20-13-14(2)3)19-10-8-15-7-5-12-21-15;/h5,7,12,14H,4,6,8-11,13H2,1-3H3,(H2,17,18,19);1H. The molecule has 1 rings (SSSR count). The molecule has 6 heteroatoms. The third kappa shape index (κ3) is 11.3. The maximum atomic E-state index is 5.56. The molecule has 0 unspecified atom stereocenters. The Morgan fingerprint density at radius 1 is 1.36 bits per heavy atom. The van der Waals surface area contributed by atoms with Gasteiger partial charge in [-0.1, -0.05) is 19.9 Å². The Labute approximate surface area is 156 Å². The van der Waals surface area contributed by atoms with Gasteiger partial charge in [0.1, 0.15) is 0 Å². The quantitative estimate of drug-likeness (QED) is 0.254. The molecular formula is C16H30IN3OS. The van der Waals surface area contributed by atoms with Crippen LogP contribution in [0.5, 0.6) is 0 Å². The van der Waals surface area contributed by atoms with Crippen LogP contribution in [0.2, 0.25) is 0 Å². The van der Waals surface area contributed by atoms with E-state index in [1.807, 2.05) is 0 Å². The van der Waals surface area contributed by atoms with Gasteiger partial charge in [-0.25, -0.2) is 0 Å². The van der Waals surface area contributed by atoms with Gasteiger partial charge in [0, 0.05) is 37.7 Å². The molecule has 1 aromatic rings. The summed E-state index contributed by atoms with van der Waals surface area (Å²) >= 11 is 1.80. The van der Waals surface area contributed by atoms with Crippen molar-refractivity contribution in [3.05, 3.63) is 22.4 Å². The lowest BCUT2D eigenvalue weighted by Gasteiger charge is -2.11. The van der Waals surface area contributed by atoms with Crippen molar-refractivity contribution >= 4 is 41.3 Å². The van der Waals surface area contributed by atoms with Crippen LogP contribution in [0.1, 0.15) is 32.1 Å². The second-order valence-electron chi connectivity index (χ2n) is 5.34. The summed E-state index contributed by atoms with van der Waals surface area (Å²) in [5, 5.41) is 8.76. The van der Waals surface area contributed by atoms with Gasteiger partial charge >= 0.3 is 0 Å². The molecule has 0 aliphatic carbocycles. The van der Waals surface area contributed by atoms with E-state index in [4.69, 9.17) is 4.74 Å².